The molecule has 0 aromatic heterocycles. The van der Waals surface area contributed by atoms with Crippen LogP contribution in [0.4, 0.5) is 0 Å². The zero-order valence-corrected chi connectivity index (χ0v) is 14.7. The summed E-state index contributed by atoms with van der Waals surface area (Å²) in [5.74, 6) is 0.352. The van der Waals surface area contributed by atoms with E-state index in [1.807, 2.05) is 50.2 Å². The predicted octanol–water partition coefficient (Wildman–Crippen LogP) is 4.89. The van der Waals surface area contributed by atoms with Gasteiger partial charge in [0.25, 0.3) is 0 Å². The molecule has 0 aliphatic heterocycles. The van der Waals surface area contributed by atoms with Crippen molar-refractivity contribution in [2.75, 3.05) is 6.54 Å². The van der Waals surface area contributed by atoms with E-state index in [9.17, 15) is 4.91 Å². The number of hydrogen-bond donors (Lipinski definition) is 1. The van der Waals surface area contributed by atoms with Crippen molar-refractivity contribution in [3.63, 3.8) is 0 Å². The van der Waals surface area contributed by atoms with Crippen LogP contribution < -0.4 is 5.73 Å². The molecule has 2 N–H and O–H groups in total. The first-order valence-corrected chi connectivity index (χ1v) is 8.93. The molecule has 2 aromatic rings. The first-order chi connectivity index (χ1) is 11.8. The van der Waals surface area contributed by atoms with Crippen LogP contribution in [0.1, 0.15) is 44.2 Å². The summed E-state index contributed by atoms with van der Waals surface area (Å²) < 4.78 is 0. The van der Waals surface area contributed by atoms with Crippen LogP contribution in [0.5, 0.6) is 0 Å². The van der Waals surface area contributed by atoms with Crippen molar-refractivity contribution in [1.29, 1.82) is 0 Å². The van der Waals surface area contributed by atoms with Crippen LogP contribution in [0, 0.1) is 10.8 Å². The van der Waals surface area contributed by atoms with E-state index in [1.54, 1.807) is 0 Å². The Morgan fingerprint density at radius 2 is 1.46 bits per heavy atom. The third kappa shape index (κ3) is 3.57. The first-order valence-electron chi connectivity index (χ1n) is 8.93. The minimum Gasteiger partial charge on any atom is -0.328 e. The molecule has 3 nitrogen and oxygen atoms in total. The Hall–Kier alpha value is -2.00. The van der Waals surface area contributed by atoms with Crippen LogP contribution in [0.2, 0.25) is 0 Å². The molecular formula is C21H28N2O. The molecule has 24 heavy (non-hydrogen) atoms. The Labute approximate surface area is 145 Å². The molecule has 0 heterocycles. The fourth-order valence-electron chi connectivity index (χ4n) is 3.99. The van der Waals surface area contributed by atoms with Crippen LogP contribution in [0.25, 0.3) is 0 Å². The smallest absolute Gasteiger partial charge is 0.0951 e. The zero-order chi connectivity index (χ0) is 17.4. The summed E-state index contributed by atoms with van der Waals surface area (Å²) in [4.78, 5) is 11.3. The van der Waals surface area contributed by atoms with Gasteiger partial charge >= 0.3 is 0 Å². The molecule has 1 aliphatic carbocycles. The lowest BCUT2D eigenvalue weighted by Crippen LogP contribution is -2.39. The zero-order valence-electron chi connectivity index (χ0n) is 14.7. The molecule has 0 amide bonds. The summed E-state index contributed by atoms with van der Waals surface area (Å²) in [6.07, 6.45) is 3.00. The SMILES string of the molecule is CC.NC1CCC(C(CN=O)(c2ccccc2)c2ccccc2)C1. The topological polar surface area (TPSA) is 55.4 Å². The second-order valence-corrected chi connectivity index (χ2v) is 6.26. The Balaban J connectivity index is 0.00000100. The molecule has 1 fully saturated rings. The van der Waals surface area contributed by atoms with Gasteiger partial charge in [0, 0.05) is 11.5 Å². The van der Waals surface area contributed by atoms with Gasteiger partial charge in [0.1, 0.15) is 0 Å². The van der Waals surface area contributed by atoms with Crippen molar-refractivity contribution in [3.05, 3.63) is 76.7 Å². The Bertz CT molecular complexity index is 573. The van der Waals surface area contributed by atoms with Gasteiger partial charge in [-0.05, 0) is 36.3 Å². The van der Waals surface area contributed by atoms with Crippen LogP contribution in [-0.2, 0) is 5.41 Å². The molecule has 3 heteroatoms. The van der Waals surface area contributed by atoms with Gasteiger partial charge in [0.05, 0.1) is 6.54 Å². The second kappa shape index (κ2) is 8.74. The third-order valence-electron chi connectivity index (χ3n) is 5.06. The maximum atomic E-state index is 11.3. The van der Waals surface area contributed by atoms with E-state index in [4.69, 9.17) is 5.73 Å². The van der Waals surface area contributed by atoms with Gasteiger partial charge in [-0.2, -0.15) is 4.91 Å². The van der Waals surface area contributed by atoms with Crippen molar-refractivity contribution >= 4 is 0 Å². The second-order valence-electron chi connectivity index (χ2n) is 6.26. The maximum absolute atomic E-state index is 11.3. The van der Waals surface area contributed by atoms with E-state index in [0.717, 1.165) is 19.3 Å². The molecule has 2 atom stereocenters. The van der Waals surface area contributed by atoms with Crippen LogP contribution >= 0.6 is 0 Å². The van der Waals surface area contributed by atoms with E-state index in [-0.39, 0.29) is 18.0 Å². The van der Waals surface area contributed by atoms with Gasteiger partial charge in [-0.3, -0.25) is 0 Å². The fourth-order valence-corrected chi connectivity index (χ4v) is 3.99. The monoisotopic (exact) mass is 324 g/mol. The normalized spacial score (nSPS) is 20.1. The average molecular weight is 324 g/mol. The van der Waals surface area contributed by atoms with Crippen LogP contribution in [0.3, 0.4) is 0 Å². The lowest BCUT2D eigenvalue weighted by Gasteiger charge is -2.38. The Morgan fingerprint density at radius 3 is 1.83 bits per heavy atom. The maximum Gasteiger partial charge on any atom is 0.0951 e. The quantitative estimate of drug-likeness (QED) is 0.796. The summed E-state index contributed by atoms with van der Waals surface area (Å²) in [6.45, 7) is 4.26. The standard InChI is InChI=1S/C19H22N2O.C2H6/c20-18-12-11-17(13-18)19(14-21-22,15-7-3-1-4-8-15)16-9-5-2-6-10-16;1-2/h1-10,17-18H,11-14,20H2;1-2H3. The molecule has 0 spiro atoms. The van der Waals surface area contributed by atoms with E-state index in [2.05, 4.69) is 29.4 Å². The molecule has 2 aromatic carbocycles. The highest BCUT2D eigenvalue weighted by molar-refractivity contribution is 5.41. The van der Waals surface area contributed by atoms with Crippen molar-refractivity contribution in [3.8, 4) is 0 Å². The van der Waals surface area contributed by atoms with Gasteiger partial charge < -0.3 is 5.73 Å². The number of nitrogens with zero attached hydrogens (tertiary/aromatic N) is 1. The summed E-state index contributed by atoms with van der Waals surface area (Å²) >= 11 is 0. The Morgan fingerprint density at radius 1 is 0.958 bits per heavy atom. The highest BCUT2D eigenvalue weighted by atomic mass is 16.3. The molecule has 0 radical (unpaired) electrons. The largest absolute Gasteiger partial charge is 0.328 e. The highest BCUT2D eigenvalue weighted by Crippen LogP contribution is 2.46. The molecule has 1 saturated carbocycles. The molecule has 1 aliphatic rings. The lowest BCUT2D eigenvalue weighted by atomic mass is 9.65. The Kier molecular flexibility index (Phi) is 6.68. The van der Waals surface area contributed by atoms with Gasteiger partial charge in [0.15, 0.2) is 0 Å². The van der Waals surface area contributed by atoms with Gasteiger partial charge in [-0.1, -0.05) is 79.7 Å². The molecular weight excluding hydrogens is 296 g/mol. The van der Waals surface area contributed by atoms with E-state index >= 15 is 0 Å². The molecule has 0 bridgehead atoms. The van der Waals surface area contributed by atoms with Gasteiger partial charge in [-0.15, -0.1) is 0 Å². The van der Waals surface area contributed by atoms with Gasteiger partial charge in [0.2, 0.25) is 0 Å². The summed E-state index contributed by atoms with van der Waals surface area (Å²) in [5, 5.41) is 3.34. The number of hydrogen-bond acceptors (Lipinski definition) is 3. The summed E-state index contributed by atoms with van der Waals surface area (Å²) in [6, 6.07) is 20.8. The number of benzene rings is 2. The van der Waals surface area contributed by atoms with E-state index in [1.165, 1.54) is 11.1 Å². The van der Waals surface area contributed by atoms with E-state index < -0.39 is 0 Å². The summed E-state index contributed by atoms with van der Waals surface area (Å²) in [7, 11) is 0. The average Bonchev–Trinajstić information content (AvgIpc) is 3.09. The van der Waals surface area contributed by atoms with E-state index in [0.29, 0.717) is 5.92 Å². The molecule has 128 valence electrons. The van der Waals surface area contributed by atoms with Crippen molar-refractivity contribution in [2.24, 2.45) is 16.8 Å². The number of nitrogens with two attached hydrogens (primary N) is 1. The molecule has 2 unspecified atom stereocenters. The number of rotatable bonds is 5. The number of nitroso groups, excluding NO2 is 1. The van der Waals surface area contributed by atoms with Crippen molar-refractivity contribution in [2.45, 2.75) is 44.6 Å². The third-order valence-corrected chi connectivity index (χ3v) is 5.06. The van der Waals surface area contributed by atoms with Crippen molar-refractivity contribution < 1.29 is 0 Å². The summed E-state index contributed by atoms with van der Waals surface area (Å²) in [5.41, 5.74) is 8.14. The molecule has 3 rings (SSSR count). The van der Waals surface area contributed by atoms with Crippen LogP contribution in [-0.4, -0.2) is 12.6 Å². The first kappa shape index (κ1) is 18.3. The highest BCUT2D eigenvalue weighted by Gasteiger charge is 2.45. The minimum atomic E-state index is -0.363. The fraction of sp³-hybridized carbons (Fsp3) is 0.429. The predicted molar refractivity (Wildman–Crippen MR) is 101 cm³/mol. The van der Waals surface area contributed by atoms with Gasteiger partial charge in [-0.25, -0.2) is 0 Å². The molecule has 0 saturated heterocycles. The minimum absolute atomic E-state index is 0.225. The van der Waals surface area contributed by atoms with Crippen LogP contribution in [0.15, 0.2) is 65.8 Å². The lowest BCUT2D eigenvalue weighted by molar-refractivity contribution is 0.330. The van der Waals surface area contributed by atoms with Crippen molar-refractivity contribution in [1.82, 2.24) is 0 Å².